The van der Waals surface area contributed by atoms with Crippen molar-refractivity contribution >= 4 is 33.5 Å². The Hall–Kier alpha value is -1.47. The second-order valence-corrected chi connectivity index (χ2v) is 4.14. The molecule has 0 bridgehead atoms. The first-order valence-electron chi connectivity index (χ1n) is 4.64. The van der Waals surface area contributed by atoms with Crippen LogP contribution >= 0.6 is 15.9 Å². The molecule has 4 N–H and O–H groups in total. The Morgan fingerprint density at radius 3 is 2.71 bits per heavy atom. The van der Waals surface area contributed by atoms with Crippen molar-refractivity contribution in [2.24, 2.45) is 5.73 Å². The molecule has 1 unspecified atom stereocenters. The molecule has 17 heavy (non-hydrogen) atoms. The maximum absolute atomic E-state index is 13.3. The van der Waals surface area contributed by atoms with E-state index in [-0.39, 0.29) is 5.69 Å². The highest BCUT2D eigenvalue weighted by atomic mass is 79.9. The van der Waals surface area contributed by atoms with E-state index in [0.717, 1.165) is 0 Å². The topological polar surface area (TPSA) is 92.4 Å². The van der Waals surface area contributed by atoms with Gasteiger partial charge in [0.1, 0.15) is 5.82 Å². The quantitative estimate of drug-likeness (QED) is 0.782. The lowest BCUT2D eigenvalue weighted by atomic mass is 10.2. The minimum Gasteiger partial charge on any atom is -0.481 e. The minimum atomic E-state index is -1.22. The van der Waals surface area contributed by atoms with Crippen molar-refractivity contribution in [1.82, 2.24) is 0 Å². The van der Waals surface area contributed by atoms with Crippen molar-refractivity contribution in [1.29, 1.82) is 0 Å². The van der Waals surface area contributed by atoms with Crippen LogP contribution < -0.4 is 11.1 Å². The highest BCUT2D eigenvalue weighted by Gasteiger charge is 2.19. The van der Waals surface area contributed by atoms with Gasteiger partial charge in [-0.3, -0.25) is 9.59 Å². The zero-order valence-corrected chi connectivity index (χ0v) is 10.2. The van der Waals surface area contributed by atoms with E-state index in [4.69, 9.17) is 10.8 Å². The smallest absolute Gasteiger partial charge is 0.305 e. The molecular formula is C10H10BrFN2O3. The number of rotatable bonds is 4. The summed E-state index contributed by atoms with van der Waals surface area (Å²) in [4.78, 5) is 21.8. The van der Waals surface area contributed by atoms with Gasteiger partial charge < -0.3 is 16.2 Å². The summed E-state index contributed by atoms with van der Waals surface area (Å²) < 4.78 is 13.7. The molecule has 92 valence electrons. The maximum atomic E-state index is 13.3. The number of carbonyl (C=O) groups is 2. The van der Waals surface area contributed by atoms with Gasteiger partial charge in [-0.05, 0) is 28.1 Å². The minimum absolute atomic E-state index is 0.0571. The molecule has 1 amide bonds. The van der Waals surface area contributed by atoms with Gasteiger partial charge in [0.25, 0.3) is 0 Å². The van der Waals surface area contributed by atoms with E-state index in [1.165, 1.54) is 12.1 Å². The van der Waals surface area contributed by atoms with E-state index in [1.54, 1.807) is 6.07 Å². The van der Waals surface area contributed by atoms with Crippen molar-refractivity contribution in [3.05, 3.63) is 28.5 Å². The van der Waals surface area contributed by atoms with Crippen molar-refractivity contribution in [3.8, 4) is 0 Å². The van der Waals surface area contributed by atoms with Gasteiger partial charge in [0.2, 0.25) is 5.91 Å². The second kappa shape index (κ2) is 5.74. The van der Waals surface area contributed by atoms with E-state index in [2.05, 4.69) is 21.2 Å². The number of amides is 1. The summed E-state index contributed by atoms with van der Waals surface area (Å²) in [5.41, 5.74) is 5.28. The summed E-state index contributed by atoms with van der Waals surface area (Å²) in [6.07, 6.45) is -0.516. The first kappa shape index (κ1) is 13.6. The third kappa shape index (κ3) is 3.79. The Labute approximate surface area is 105 Å². The van der Waals surface area contributed by atoms with Gasteiger partial charge in [-0.1, -0.05) is 6.07 Å². The third-order valence-electron chi connectivity index (χ3n) is 1.94. The summed E-state index contributed by atoms with van der Waals surface area (Å²) in [5.74, 6) is -2.58. The number of carbonyl (C=O) groups excluding carboxylic acids is 1. The summed E-state index contributed by atoms with van der Waals surface area (Å²) in [6, 6.07) is 2.95. The van der Waals surface area contributed by atoms with Gasteiger partial charge in [-0.2, -0.15) is 0 Å². The highest BCUT2D eigenvalue weighted by molar-refractivity contribution is 9.10. The van der Waals surface area contributed by atoms with Crippen molar-refractivity contribution < 1.29 is 19.1 Å². The lowest BCUT2D eigenvalue weighted by Gasteiger charge is -2.12. The molecule has 5 nitrogen and oxygen atoms in total. The number of nitrogens with one attached hydrogen (secondary N) is 1. The fourth-order valence-corrected chi connectivity index (χ4v) is 1.56. The maximum Gasteiger partial charge on any atom is 0.305 e. The molecule has 0 radical (unpaired) electrons. The zero-order chi connectivity index (χ0) is 13.0. The molecular weight excluding hydrogens is 295 g/mol. The van der Waals surface area contributed by atoms with Crippen LogP contribution in [0.15, 0.2) is 22.7 Å². The monoisotopic (exact) mass is 304 g/mol. The summed E-state index contributed by atoms with van der Waals surface area (Å²) >= 11 is 3.06. The Balaban J connectivity index is 2.78. The van der Waals surface area contributed by atoms with Gasteiger partial charge in [-0.25, -0.2) is 4.39 Å². The lowest BCUT2D eigenvalue weighted by molar-refractivity contribution is -0.138. The van der Waals surface area contributed by atoms with E-state index in [1.807, 2.05) is 0 Å². The molecule has 1 rings (SSSR count). The average Bonchev–Trinajstić information content (AvgIpc) is 2.22. The number of hydrogen-bond acceptors (Lipinski definition) is 3. The normalized spacial score (nSPS) is 11.9. The van der Waals surface area contributed by atoms with Crippen LogP contribution in [-0.4, -0.2) is 23.0 Å². The molecule has 0 aliphatic heterocycles. The molecule has 1 aromatic carbocycles. The van der Waals surface area contributed by atoms with Crippen molar-refractivity contribution in [2.45, 2.75) is 12.5 Å². The van der Waals surface area contributed by atoms with Gasteiger partial charge in [-0.15, -0.1) is 0 Å². The predicted molar refractivity (Wildman–Crippen MR) is 63.0 cm³/mol. The summed E-state index contributed by atoms with van der Waals surface area (Å²) in [7, 11) is 0. The SMILES string of the molecule is NC(CC(=O)O)C(=O)Nc1c(F)cccc1Br. The van der Waals surface area contributed by atoms with Crippen LogP contribution in [0.1, 0.15) is 6.42 Å². The van der Waals surface area contributed by atoms with Crippen molar-refractivity contribution in [2.75, 3.05) is 5.32 Å². The molecule has 7 heteroatoms. The van der Waals surface area contributed by atoms with E-state index >= 15 is 0 Å². The number of anilines is 1. The van der Waals surface area contributed by atoms with Gasteiger partial charge >= 0.3 is 5.97 Å². The van der Waals surface area contributed by atoms with Crippen LogP contribution in [0.25, 0.3) is 0 Å². The Morgan fingerprint density at radius 1 is 1.53 bits per heavy atom. The van der Waals surface area contributed by atoms with Crippen LogP contribution in [-0.2, 0) is 9.59 Å². The highest BCUT2D eigenvalue weighted by Crippen LogP contribution is 2.25. The number of benzene rings is 1. The van der Waals surface area contributed by atoms with Crippen LogP contribution in [0.5, 0.6) is 0 Å². The van der Waals surface area contributed by atoms with Gasteiger partial charge in [0, 0.05) is 4.47 Å². The molecule has 0 aliphatic rings. The van der Waals surface area contributed by atoms with Gasteiger partial charge in [0.15, 0.2) is 0 Å². The predicted octanol–water partition coefficient (Wildman–Crippen LogP) is 1.33. The molecule has 0 fully saturated rings. The van der Waals surface area contributed by atoms with Gasteiger partial charge in [0.05, 0.1) is 18.2 Å². The molecule has 0 aromatic heterocycles. The number of nitrogens with two attached hydrogens (primary N) is 1. The molecule has 1 atom stereocenters. The van der Waals surface area contributed by atoms with E-state index < -0.39 is 30.2 Å². The molecule has 0 aliphatic carbocycles. The molecule has 1 aromatic rings. The fraction of sp³-hybridized carbons (Fsp3) is 0.200. The van der Waals surface area contributed by atoms with Crippen LogP contribution in [0, 0.1) is 5.82 Å². The number of halogens is 2. The van der Waals surface area contributed by atoms with Crippen LogP contribution in [0.4, 0.5) is 10.1 Å². The Bertz CT molecular complexity index is 433. The number of hydrogen-bond donors (Lipinski definition) is 3. The third-order valence-corrected chi connectivity index (χ3v) is 2.60. The number of carboxylic acid groups (broad SMARTS) is 1. The number of para-hydroxylation sites is 1. The molecule has 0 spiro atoms. The number of aliphatic carboxylic acids is 1. The summed E-state index contributed by atoms with van der Waals surface area (Å²) in [5, 5.41) is 10.7. The fourth-order valence-electron chi connectivity index (χ4n) is 1.11. The average molecular weight is 305 g/mol. The van der Waals surface area contributed by atoms with E-state index in [0.29, 0.717) is 4.47 Å². The van der Waals surface area contributed by atoms with Crippen LogP contribution in [0.3, 0.4) is 0 Å². The molecule has 0 heterocycles. The first-order chi connectivity index (χ1) is 7.91. The standard InChI is InChI=1S/C10H10BrFN2O3/c11-5-2-1-3-6(12)9(5)14-10(17)7(13)4-8(15)16/h1-3,7H,4,13H2,(H,14,17)(H,15,16). The molecule has 0 saturated heterocycles. The Morgan fingerprint density at radius 2 is 2.18 bits per heavy atom. The lowest BCUT2D eigenvalue weighted by Crippen LogP contribution is -2.37. The van der Waals surface area contributed by atoms with E-state index in [9.17, 15) is 14.0 Å². The zero-order valence-electron chi connectivity index (χ0n) is 8.61. The molecule has 0 saturated carbocycles. The van der Waals surface area contributed by atoms with Crippen molar-refractivity contribution in [3.63, 3.8) is 0 Å². The first-order valence-corrected chi connectivity index (χ1v) is 5.43. The summed E-state index contributed by atoms with van der Waals surface area (Å²) in [6.45, 7) is 0. The number of carboxylic acids is 1. The van der Waals surface area contributed by atoms with Crippen LogP contribution in [0.2, 0.25) is 0 Å². The second-order valence-electron chi connectivity index (χ2n) is 3.29. The largest absolute Gasteiger partial charge is 0.481 e. The Kier molecular flexibility index (Phi) is 4.59.